The van der Waals surface area contributed by atoms with Gasteiger partial charge in [0.05, 0.1) is 10.5 Å². The molecule has 122 valence electrons. The molecule has 0 saturated heterocycles. The molecular weight excluding hydrogens is 378 g/mol. The first-order valence-corrected chi connectivity index (χ1v) is 7.81. The van der Waals surface area contributed by atoms with E-state index in [1.807, 2.05) is 12.1 Å². The van der Waals surface area contributed by atoms with E-state index in [0.717, 1.165) is 9.48 Å². The van der Waals surface area contributed by atoms with E-state index in [1.54, 1.807) is 30.3 Å². The summed E-state index contributed by atoms with van der Waals surface area (Å²) in [7, 11) is 0. The van der Waals surface area contributed by atoms with E-state index in [0.29, 0.717) is 5.56 Å². The fourth-order valence-corrected chi connectivity index (χ4v) is 2.61. The molecule has 0 spiro atoms. The molecule has 0 aliphatic carbocycles. The fraction of sp³-hybridized carbons (Fsp3) is 0.125. The van der Waals surface area contributed by atoms with Gasteiger partial charge in [-0.15, -0.1) is 5.10 Å². The number of rotatable bonds is 3. The number of hydrogen-bond acceptors (Lipinski definition) is 5. The summed E-state index contributed by atoms with van der Waals surface area (Å²) in [5.41, 5.74) is 0.820. The molecule has 0 unspecified atom stereocenters. The largest absolute Gasteiger partial charge is 0.445 e. The molecule has 0 saturated carbocycles. The second-order valence-corrected chi connectivity index (χ2v) is 5.98. The second kappa shape index (κ2) is 6.40. The number of nitrogens with zero attached hydrogens (tertiary/aromatic N) is 3. The summed E-state index contributed by atoms with van der Waals surface area (Å²) in [5, 5.41) is 16.5. The molecule has 1 heterocycles. The third kappa shape index (κ3) is 3.00. The smallest absolute Gasteiger partial charge is 0.278 e. The SMILES string of the molecule is CC(=O)N1N=C(c2ccc(Br)cc2)O[C@H]1c1ccccc1[N+](=O)[O-]. The molecule has 8 heteroatoms. The molecule has 0 fully saturated rings. The van der Waals surface area contributed by atoms with Crippen molar-refractivity contribution in [1.82, 2.24) is 5.01 Å². The monoisotopic (exact) mass is 389 g/mol. The summed E-state index contributed by atoms with van der Waals surface area (Å²) in [5.74, 6) is -0.133. The van der Waals surface area contributed by atoms with E-state index < -0.39 is 11.2 Å². The van der Waals surface area contributed by atoms with Crippen LogP contribution in [0.5, 0.6) is 0 Å². The van der Waals surface area contributed by atoms with Gasteiger partial charge in [-0.05, 0) is 30.3 Å². The van der Waals surface area contributed by atoms with E-state index in [4.69, 9.17) is 4.74 Å². The van der Waals surface area contributed by atoms with E-state index in [-0.39, 0.29) is 23.1 Å². The molecule has 2 aromatic rings. The number of nitro benzene ring substituents is 1. The van der Waals surface area contributed by atoms with Crippen LogP contribution in [0.4, 0.5) is 5.69 Å². The third-order valence-electron chi connectivity index (χ3n) is 3.46. The first kappa shape index (κ1) is 16.1. The number of nitro groups is 1. The number of halogens is 1. The maximum absolute atomic E-state index is 11.9. The lowest BCUT2D eigenvalue weighted by molar-refractivity contribution is -0.386. The number of para-hydroxylation sites is 1. The number of carbonyl (C=O) groups is 1. The van der Waals surface area contributed by atoms with Gasteiger partial charge in [0, 0.05) is 23.0 Å². The lowest BCUT2D eigenvalue weighted by Gasteiger charge is -2.19. The quantitative estimate of drug-likeness (QED) is 0.592. The van der Waals surface area contributed by atoms with Gasteiger partial charge in [0.25, 0.3) is 5.69 Å². The topological polar surface area (TPSA) is 85.0 Å². The molecule has 1 amide bonds. The van der Waals surface area contributed by atoms with Gasteiger partial charge in [-0.3, -0.25) is 14.9 Å². The van der Waals surface area contributed by atoms with E-state index in [9.17, 15) is 14.9 Å². The summed E-state index contributed by atoms with van der Waals surface area (Å²) in [6, 6.07) is 13.3. The Bertz CT molecular complexity index is 835. The summed E-state index contributed by atoms with van der Waals surface area (Å²) in [6.45, 7) is 1.33. The van der Waals surface area contributed by atoms with Crippen LogP contribution >= 0.6 is 15.9 Å². The third-order valence-corrected chi connectivity index (χ3v) is 3.99. The summed E-state index contributed by atoms with van der Waals surface area (Å²) in [6.07, 6.45) is -0.970. The molecule has 0 bridgehead atoms. The van der Waals surface area contributed by atoms with Gasteiger partial charge >= 0.3 is 0 Å². The second-order valence-electron chi connectivity index (χ2n) is 5.06. The minimum atomic E-state index is -0.970. The van der Waals surface area contributed by atoms with Crippen LogP contribution in [0, 0.1) is 10.1 Å². The molecule has 7 nitrogen and oxygen atoms in total. The summed E-state index contributed by atoms with van der Waals surface area (Å²) in [4.78, 5) is 22.6. The van der Waals surface area contributed by atoms with Crippen molar-refractivity contribution in [2.75, 3.05) is 0 Å². The van der Waals surface area contributed by atoms with Crippen molar-refractivity contribution in [1.29, 1.82) is 0 Å². The van der Waals surface area contributed by atoms with Crippen LogP contribution in [-0.4, -0.2) is 21.7 Å². The Morgan fingerprint density at radius 3 is 2.54 bits per heavy atom. The maximum atomic E-state index is 11.9. The number of hydrazone groups is 1. The molecule has 0 radical (unpaired) electrons. The van der Waals surface area contributed by atoms with Crippen molar-refractivity contribution >= 4 is 33.4 Å². The minimum absolute atomic E-state index is 0.124. The highest BCUT2D eigenvalue weighted by Crippen LogP contribution is 2.35. The predicted molar refractivity (Wildman–Crippen MR) is 90.1 cm³/mol. The summed E-state index contributed by atoms with van der Waals surface area (Å²) < 4.78 is 6.67. The highest BCUT2D eigenvalue weighted by atomic mass is 79.9. The van der Waals surface area contributed by atoms with Crippen molar-refractivity contribution in [3.8, 4) is 0 Å². The molecule has 1 aliphatic heterocycles. The number of ether oxygens (including phenoxy) is 1. The van der Waals surface area contributed by atoms with Crippen LogP contribution < -0.4 is 0 Å². The molecule has 0 N–H and O–H groups in total. The zero-order valence-electron chi connectivity index (χ0n) is 12.5. The maximum Gasteiger partial charge on any atom is 0.278 e. The molecule has 3 rings (SSSR count). The number of benzene rings is 2. The van der Waals surface area contributed by atoms with Crippen LogP contribution in [0.2, 0.25) is 0 Å². The zero-order chi connectivity index (χ0) is 17.3. The van der Waals surface area contributed by atoms with Crippen LogP contribution in [0.25, 0.3) is 0 Å². The van der Waals surface area contributed by atoms with Gasteiger partial charge in [-0.25, -0.2) is 0 Å². The molecule has 24 heavy (non-hydrogen) atoms. The van der Waals surface area contributed by atoms with Gasteiger partial charge in [-0.1, -0.05) is 28.1 Å². The van der Waals surface area contributed by atoms with Crippen molar-refractivity contribution in [2.45, 2.75) is 13.2 Å². The van der Waals surface area contributed by atoms with Gasteiger partial charge in [0.15, 0.2) is 0 Å². The Balaban J connectivity index is 2.00. The fourth-order valence-electron chi connectivity index (χ4n) is 2.34. The first-order chi connectivity index (χ1) is 11.5. The molecule has 2 aromatic carbocycles. The van der Waals surface area contributed by atoms with Crippen molar-refractivity contribution in [3.05, 3.63) is 74.2 Å². The lowest BCUT2D eigenvalue weighted by Crippen LogP contribution is -2.25. The Morgan fingerprint density at radius 1 is 1.25 bits per heavy atom. The molecule has 1 atom stereocenters. The van der Waals surface area contributed by atoms with Crippen molar-refractivity contribution in [3.63, 3.8) is 0 Å². The zero-order valence-corrected chi connectivity index (χ0v) is 14.1. The highest BCUT2D eigenvalue weighted by molar-refractivity contribution is 9.10. The number of amides is 1. The van der Waals surface area contributed by atoms with Gasteiger partial charge < -0.3 is 4.74 Å². The van der Waals surface area contributed by atoms with E-state index in [1.165, 1.54) is 13.0 Å². The van der Waals surface area contributed by atoms with E-state index in [2.05, 4.69) is 21.0 Å². The predicted octanol–water partition coefficient (Wildman–Crippen LogP) is 3.60. The van der Waals surface area contributed by atoms with Crippen LogP contribution in [0.3, 0.4) is 0 Å². The van der Waals surface area contributed by atoms with Gasteiger partial charge in [0.2, 0.25) is 18.0 Å². The Kier molecular flexibility index (Phi) is 4.30. The van der Waals surface area contributed by atoms with Crippen LogP contribution in [0.15, 0.2) is 58.1 Å². The minimum Gasteiger partial charge on any atom is -0.445 e. The molecule has 0 aromatic heterocycles. The van der Waals surface area contributed by atoms with E-state index >= 15 is 0 Å². The average molecular weight is 390 g/mol. The van der Waals surface area contributed by atoms with Crippen LogP contribution in [0.1, 0.15) is 24.3 Å². The summed E-state index contributed by atoms with van der Waals surface area (Å²) >= 11 is 3.34. The Labute approximate surface area is 145 Å². The Morgan fingerprint density at radius 2 is 1.92 bits per heavy atom. The van der Waals surface area contributed by atoms with Gasteiger partial charge in [0.1, 0.15) is 0 Å². The van der Waals surface area contributed by atoms with Crippen LogP contribution in [-0.2, 0) is 9.53 Å². The normalized spacial score (nSPS) is 16.5. The number of carbonyl (C=O) groups excluding carboxylic acids is 1. The molecule has 1 aliphatic rings. The van der Waals surface area contributed by atoms with Crippen molar-refractivity contribution < 1.29 is 14.5 Å². The lowest BCUT2D eigenvalue weighted by atomic mass is 10.1. The highest BCUT2D eigenvalue weighted by Gasteiger charge is 2.36. The van der Waals surface area contributed by atoms with Gasteiger partial charge in [-0.2, -0.15) is 5.01 Å². The Hall–Kier alpha value is -2.74. The average Bonchev–Trinajstić information content (AvgIpc) is 3.01. The molecular formula is C16H12BrN3O4. The number of hydrogen-bond donors (Lipinski definition) is 0. The standard InChI is InChI=1S/C16H12BrN3O4/c1-10(21)19-16(13-4-2-3-5-14(13)20(22)23)24-15(18-19)11-6-8-12(17)9-7-11/h2-9,16H,1H3/t16-/m0/s1. The first-order valence-electron chi connectivity index (χ1n) is 7.01. The van der Waals surface area contributed by atoms with Crippen molar-refractivity contribution in [2.24, 2.45) is 5.10 Å².